The smallest absolute Gasteiger partial charge is 0.257 e. The van der Waals surface area contributed by atoms with Crippen LogP contribution in [0.1, 0.15) is 167 Å². The number of aryl methyl sites for hydroxylation is 4. The molecule has 0 bridgehead atoms. The summed E-state index contributed by atoms with van der Waals surface area (Å²) in [4.78, 5) is 66.6. The van der Waals surface area contributed by atoms with Crippen LogP contribution in [-0.4, -0.2) is 159 Å². The monoisotopic (exact) mass is 1690 g/mol. The van der Waals surface area contributed by atoms with Gasteiger partial charge in [0, 0.05) is 212 Å². The largest absolute Gasteiger partial charge is 0.507 e. The number of aromatic nitrogens is 7. The fourth-order valence-electron chi connectivity index (χ4n) is 19.3. The average Bonchev–Trinajstić information content (AvgIpc) is 1.51. The summed E-state index contributed by atoms with van der Waals surface area (Å²) in [7, 11) is 3.93. The first kappa shape index (κ1) is 81.8. The number of rotatable bonds is 7. The van der Waals surface area contributed by atoms with Crippen LogP contribution in [0.15, 0.2) is 213 Å². The Hall–Kier alpha value is -12.2. The molecule has 2 N–H and O–H groups in total. The molecular weight excluding hydrogens is 1600 g/mol. The Kier molecular flexibility index (Phi) is 21.9. The number of ether oxygens (including phenoxy) is 4. The Morgan fingerprint density at radius 2 is 0.902 bits per heavy atom. The number of carbonyl (C=O) groups excluding carboxylic acids is 4. The van der Waals surface area contributed by atoms with Crippen molar-refractivity contribution in [1.82, 2.24) is 53.3 Å². The number of phenols is 1. The van der Waals surface area contributed by atoms with Crippen LogP contribution in [0.5, 0.6) is 28.7 Å². The third-order valence-electron chi connectivity index (χ3n) is 26.5. The van der Waals surface area contributed by atoms with Crippen molar-refractivity contribution in [2.45, 2.75) is 126 Å². The molecule has 5 aromatic heterocycles. The molecule has 14 heterocycles. The summed E-state index contributed by atoms with van der Waals surface area (Å²) in [6.45, 7) is 14.3. The number of likely N-dealkylation sites (tertiary alicyclic amines) is 4. The van der Waals surface area contributed by atoms with Gasteiger partial charge in [-0.2, -0.15) is 10.2 Å². The van der Waals surface area contributed by atoms with Crippen LogP contribution in [-0.2, 0) is 41.9 Å². The number of pyridine rings is 1. The molecule has 123 heavy (non-hydrogen) atoms. The van der Waals surface area contributed by atoms with Gasteiger partial charge in [0.2, 0.25) is 0 Å². The molecule has 634 valence electrons. The predicted molar refractivity (Wildman–Crippen MR) is 472 cm³/mol. The number of aliphatic hydroxyl groups excluding tert-OH is 1. The molecule has 9 aliphatic heterocycles. The van der Waals surface area contributed by atoms with Crippen LogP contribution < -0.4 is 23.8 Å². The molecule has 0 saturated carbocycles. The van der Waals surface area contributed by atoms with Gasteiger partial charge in [0.25, 0.3) is 23.6 Å². The lowest BCUT2D eigenvalue weighted by Gasteiger charge is -2.45. The van der Waals surface area contributed by atoms with Gasteiger partial charge < -0.3 is 62.8 Å². The van der Waals surface area contributed by atoms with Gasteiger partial charge in [0.15, 0.2) is 11.2 Å². The van der Waals surface area contributed by atoms with E-state index in [-0.39, 0.29) is 37.4 Å². The number of para-hydroxylation sites is 3. The molecule has 0 unspecified atom stereocenters. The number of aliphatic hydroxyl groups is 1. The summed E-state index contributed by atoms with van der Waals surface area (Å²) >= 11 is 12.4. The predicted octanol–water partition coefficient (Wildman–Crippen LogP) is 17.9. The Morgan fingerprint density at radius 3 is 1.37 bits per heavy atom. The molecule has 4 spiro atoms. The number of anilines is 1. The average molecular weight is 1700 g/mol. The number of hydrogen-bond donors (Lipinski definition) is 2. The highest BCUT2D eigenvalue weighted by Crippen LogP contribution is 2.53. The SMILES string of the molecule is CC(C)(CO)c1ccc(C(=O)N2CCC3(CC2)Oc2cc(Cl)ccc2-n2cccc23)cc1F.Cc1ccc(C(=O)N2CCC3(CC2)Oc2cc(Cl)ccc2-n2cccc23)cc1C.Cn1ncc2c1-c1ccccc1OC21CCN(C(=O)c2ccc(N3CCCCC3)nc2)CC1.Cn1ncc2c1-c1ccccc1OC21CCN(C(=O)c2ccccc2O)CC1.[HH]. The van der Waals surface area contributed by atoms with Gasteiger partial charge in [-0.05, 0) is 171 Å². The van der Waals surface area contributed by atoms with Gasteiger partial charge in [-0.1, -0.05) is 85.6 Å². The van der Waals surface area contributed by atoms with Crippen LogP contribution in [0.2, 0.25) is 10.0 Å². The molecule has 7 aromatic carbocycles. The maximum atomic E-state index is 14.7. The second kappa shape index (κ2) is 32.9. The minimum absolute atomic E-state index is 0. The highest BCUT2D eigenvalue weighted by molar-refractivity contribution is 6.31. The van der Waals surface area contributed by atoms with Crippen LogP contribution in [0, 0.1) is 19.7 Å². The Balaban J connectivity index is 0.000000117. The first-order chi connectivity index (χ1) is 59.4. The number of benzene rings is 7. The lowest BCUT2D eigenvalue weighted by Crippen LogP contribution is -2.50. The summed E-state index contributed by atoms with van der Waals surface area (Å²) in [5, 5.41) is 29.9. The van der Waals surface area contributed by atoms with Gasteiger partial charge in [-0.15, -0.1) is 0 Å². The normalized spacial score (nSPS) is 17.5. The van der Waals surface area contributed by atoms with Gasteiger partial charge in [0.05, 0.1) is 64.3 Å². The summed E-state index contributed by atoms with van der Waals surface area (Å²) in [6.07, 6.45) is 18.9. The number of phenolic OH excluding ortho intramolecular Hbond substituents is 1. The third kappa shape index (κ3) is 15.2. The van der Waals surface area contributed by atoms with Crippen molar-refractivity contribution >= 4 is 52.6 Å². The highest BCUT2D eigenvalue weighted by atomic mass is 35.5. The number of halogens is 3. The second-order valence-electron chi connectivity index (χ2n) is 34.4. The van der Waals surface area contributed by atoms with Crippen molar-refractivity contribution < 1.29 is 54.2 Å². The van der Waals surface area contributed by atoms with Gasteiger partial charge >= 0.3 is 0 Å². The molecule has 0 aliphatic carbocycles. The summed E-state index contributed by atoms with van der Waals surface area (Å²) < 4.78 is 49.1. The fraction of sp³-hybridized carbons (Fsp3) is 0.337. The molecule has 9 aliphatic rings. The van der Waals surface area contributed by atoms with E-state index in [0.717, 1.165) is 135 Å². The summed E-state index contributed by atoms with van der Waals surface area (Å²) in [5.74, 6) is 3.60. The number of nitrogens with zero attached hydrogens (tertiary/aromatic N) is 12. The van der Waals surface area contributed by atoms with Crippen molar-refractivity contribution in [3.8, 4) is 62.6 Å². The molecular formula is C98H101Cl2FN12O10. The first-order valence-electron chi connectivity index (χ1n) is 42.5. The zero-order valence-corrected chi connectivity index (χ0v) is 71.4. The first-order valence-corrected chi connectivity index (χ1v) is 43.3. The van der Waals surface area contributed by atoms with E-state index in [4.69, 9.17) is 42.1 Å². The minimum Gasteiger partial charge on any atom is -0.507 e. The Morgan fingerprint density at radius 1 is 0.463 bits per heavy atom. The molecule has 0 atom stereocenters. The zero-order chi connectivity index (χ0) is 85.3. The highest BCUT2D eigenvalue weighted by Gasteiger charge is 2.50. The zero-order valence-electron chi connectivity index (χ0n) is 69.9. The van der Waals surface area contributed by atoms with E-state index in [1.807, 2.05) is 168 Å². The molecule has 21 rings (SSSR count). The maximum Gasteiger partial charge on any atom is 0.257 e. The lowest BCUT2D eigenvalue weighted by molar-refractivity contribution is -0.00977. The Bertz CT molecular complexity index is 6040. The van der Waals surface area contributed by atoms with Crippen molar-refractivity contribution in [2.24, 2.45) is 14.1 Å². The van der Waals surface area contributed by atoms with E-state index in [2.05, 4.69) is 72.7 Å². The van der Waals surface area contributed by atoms with Crippen LogP contribution in [0.3, 0.4) is 0 Å². The quantitative estimate of drug-likeness (QED) is 0.152. The van der Waals surface area contributed by atoms with E-state index in [0.29, 0.717) is 110 Å². The van der Waals surface area contributed by atoms with Gasteiger partial charge in [0.1, 0.15) is 51.6 Å². The number of piperidine rings is 5. The van der Waals surface area contributed by atoms with Crippen molar-refractivity contribution in [2.75, 3.05) is 77.0 Å². The van der Waals surface area contributed by atoms with Crippen LogP contribution in [0.4, 0.5) is 10.2 Å². The molecule has 5 saturated heterocycles. The lowest BCUT2D eigenvalue weighted by atomic mass is 9.81. The number of aromatic hydroxyl groups is 1. The topological polar surface area (TPSA) is 220 Å². The minimum atomic E-state index is -0.713. The number of amides is 4. The number of hydrogen-bond acceptors (Lipinski definition) is 14. The van der Waals surface area contributed by atoms with Gasteiger partial charge in [-0.25, -0.2) is 9.37 Å². The van der Waals surface area contributed by atoms with E-state index in [1.54, 1.807) is 66.2 Å². The molecule has 12 aromatic rings. The van der Waals surface area contributed by atoms with E-state index >= 15 is 0 Å². The third-order valence-corrected chi connectivity index (χ3v) is 27.0. The van der Waals surface area contributed by atoms with Crippen LogP contribution >= 0.6 is 23.2 Å². The molecule has 4 amide bonds. The number of carbonyl (C=O) groups is 4. The van der Waals surface area contributed by atoms with Crippen molar-refractivity contribution in [3.63, 3.8) is 0 Å². The van der Waals surface area contributed by atoms with E-state index in [1.165, 1.54) is 30.9 Å². The molecule has 25 heteroatoms. The van der Waals surface area contributed by atoms with Gasteiger partial charge in [-0.3, -0.25) is 28.5 Å². The van der Waals surface area contributed by atoms with Crippen molar-refractivity contribution in [1.29, 1.82) is 0 Å². The van der Waals surface area contributed by atoms with E-state index < -0.39 is 33.6 Å². The standard InChI is InChI=1S/C26H26ClFN2O3.C26H29N5O2.C24H23ClN2O2.C22H21N3O3.H2/c1-25(2,16-31)19-7-5-17(14-20(19)28)24(32)29-12-9-26(10-13-29)23-4-3-11-30(23)21-8-6-18(27)15-22(21)33-26;1-29-24-20-7-3-4-8-22(20)33-26(21(24)18-28-29)11-15-31(16-12-26)25(32)19-9-10-23(27-17-19)30-13-5-2-6-14-30;1-16-5-6-18(14-17(16)2)23(28)26-12-9-24(10-13-26)22-4-3-11-27(22)20-8-7-19(25)15-21(20)29-24;1-24-20-16-7-3-5-9-19(16)28-22(17(20)14-23-24)10-12-25(13-11-22)21(27)15-6-2-4-8-18(15)26;/h3-8,11,14-15,31H,9-10,12-13,16H2,1-2H3;3-4,7-10,17-18H,2,5-6,11-16H2,1H3;3-8,11,14-15H,9-10,12-13H2,1-2H3;2-9,14,26H,10-13H2,1H3;1H. The van der Waals surface area contributed by atoms with Crippen molar-refractivity contribution in [3.05, 3.63) is 290 Å². The second-order valence-corrected chi connectivity index (χ2v) is 35.2. The van der Waals surface area contributed by atoms with E-state index in [9.17, 15) is 33.8 Å². The Labute approximate surface area is 726 Å². The summed E-state index contributed by atoms with van der Waals surface area (Å²) in [5.41, 5.74) is 12.9. The summed E-state index contributed by atoms with van der Waals surface area (Å²) in [6, 6.07) is 56.9. The van der Waals surface area contributed by atoms with Crippen LogP contribution in [0.25, 0.3) is 33.9 Å². The molecule has 0 radical (unpaired) electrons. The maximum absolute atomic E-state index is 14.7. The fourth-order valence-corrected chi connectivity index (χ4v) is 19.6. The molecule has 22 nitrogen and oxygen atoms in total. The molecule has 5 fully saturated rings. The number of fused-ring (bicyclic) bond motifs is 16.